The highest BCUT2D eigenvalue weighted by molar-refractivity contribution is 6.01. The van der Waals surface area contributed by atoms with Gasteiger partial charge in [0.05, 0.1) is 6.54 Å². The lowest BCUT2D eigenvalue weighted by Crippen LogP contribution is -2.12. The van der Waals surface area contributed by atoms with E-state index in [2.05, 4.69) is 10.3 Å². The van der Waals surface area contributed by atoms with Crippen molar-refractivity contribution in [3.63, 3.8) is 0 Å². The van der Waals surface area contributed by atoms with Crippen LogP contribution in [0.5, 0.6) is 0 Å². The number of carbonyl (C=O) groups excluding carboxylic acids is 1. The molecule has 0 spiro atoms. The molecule has 0 saturated carbocycles. The quantitative estimate of drug-likeness (QED) is 0.842. The summed E-state index contributed by atoms with van der Waals surface area (Å²) in [6.45, 7) is 2.20. The second kappa shape index (κ2) is 4.80. The lowest BCUT2D eigenvalue weighted by molar-refractivity contribution is 0.0994. The van der Waals surface area contributed by atoms with Crippen LogP contribution in [0.15, 0.2) is 34.9 Å². The number of carbonyl (C=O) groups is 1. The Morgan fingerprint density at radius 1 is 1.41 bits per heavy atom. The summed E-state index contributed by atoms with van der Waals surface area (Å²) in [5.74, 6) is 0.965. The molecule has 0 radical (unpaired) electrons. The van der Waals surface area contributed by atoms with Gasteiger partial charge in [0.15, 0.2) is 5.76 Å². The molecule has 0 aliphatic heterocycles. The van der Waals surface area contributed by atoms with E-state index in [1.54, 1.807) is 24.4 Å². The van der Waals surface area contributed by atoms with Gasteiger partial charge in [0, 0.05) is 6.20 Å². The number of amides is 1. The molecule has 5 heteroatoms. The van der Waals surface area contributed by atoms with Crippen molar-refractivity contribution < 1.29 is 9.21 Å². The van der Waals surface area contributed by atoms with E-state index in [-0.39, 0.29) is 18.2 Å². The van der Waals surface area contributed by atoms with Crippen molar-refractivity contribution >= 4 is 11.7 Å². The largest absolute Gasteiger partial charge is 0.455 e. The van der Waals surface area contributed by atoms with Gasteiger partial charge in [-0.2, -0.15) is 0 Å². The van der Waals surface area contributed by atoms with E-state index < -0.39 is 0 Å². The third-order valence-corrected chi connectivity index (χ3v) is 2.24. The van der Waals surface area contributed by atoms with Crippen LogP contribution >= 0.6 is 0 Å². The number of anilines is 1. The molecule has 1 amide bonds. The number of hydrogen-bond acceptors (Lipinski definition) is 4. The van der Waals surface area contributed by atoms with Gasteiger partial charge in [-0.25, -0.2) is 4.98 Å². The van der Waals surface area contributed by atoms with Crippen LogP contribution in [0.1, 0.15) is 21.9 Å². The van der Waals surface area contributed by atoms with E-state index in [9.17, 15) is 4.79 Å². The zero-order chi connectivity index (χ0) is 12.3. The normalized spacial score (nSPS) is 10.2. The first-order valence-electron chi connectivity index (χ1n) is 5.22. The molecule has 3 N–H and O–H groups in total. The summed E-state index contributed by atoms with van der Waals surface area (Å²) in [6, 6.07) is 6.87. The van der Waals surface area contributed by atoms with Gasteiger partial charge in [0.2, 0.25) is 0 Å². The van der Waals surface area contributed by atoms with Crippen molar-refractivity contribution in [3.05, 3.63) is 47.5 Å². The fourth-order valence-corrected chi connectivity index (χ4v) is 1.33. The Balaban J connectivity index is 2.08. The molecule has 5 nitrogen and oxygen atoms in total. The average molecular weight is 231 g/mol. The number of nitrogens with zero attached hydrogens (tertiary/aromatic N) is 1. The minimum atomic E-state index is -0.332. The van der Waals surface area contributed by atoms with E-state index in [0.29, 0.717) is 11.6 Å². The van der Waals surface area contributed by atoms with Gasteiger partial charge in [-0.3, -0.25) is 4.79 Å². The summed E-state index contributed by atoms with van der Waals surface area (Å²) in [7, 11) is 0. The van der Waals surface area contributed by atoms with Crippen molar-refractivity contribution in [3.8, 4) is 0 Å². The highest BCUT2D eigenvalue weighted by Gasteiger charge is 2.11. The van der Waals surface area contributed by atoms with E-state index in [1.807, 2.05) is 13.0 Å². The fraction of sp³-hybridized carbons (Fsp3) is 0.167. The van der Waals surface area contributed by atoms with Crippen molar-refractivity contribution in [1.82, 2.24) is 4.98 Å². The monoisotopic (exact) mass is 231 g/mol. The molecule has 17 heavy (non-hydrogen) atoms. The Kier molecular flexibility index (Phi) is 3.20. The third kappa shape index (κ3) is 2.70. The maximum absolute atomic E-state index is 11.7. The Labute approximate surface area is 98.6 Å². The van der Waals surface area contributed by atoms with Crippen LogP contribution in [0.2, 0.25) is 0 Å². The summed E-state index contributed by atoms with van der Waals surface area (Å²) >= 11 is 0. The van der Waals surface area contributed by atoms with Crippen molar-refractivity contribution in [2.45, 2.75) is 13.5 Å². The van der Waals surface area contributed by atoms with Crippen LogP contribution < -0.4 is 11.1 Å². The van der Waals surface area contributed by atoms with Crippen molar-refractivity contribution in [2.24, 2.45) is 5.73 Å². The molecule has 2 aromatic rings. The van der Waals surface area contributed by atoms with Gasteiger partial charge >= 0.3 is 0 Å². The Hall–Kier alpha value is -2.14. The molecular formula is C12H13N3O2. The van der Waals surface area contributed by atoms with Gasteiger partial charge < -0.3 is 15.5 Å². The molecule has 0 fully saturated rings. The Morgan fingerprint density at radius 2 is 2.24 bits per heavy atom. The number of nitrogens with two attached hydrogens (primary N) is 1. The third-order valence-electron chi connectivity index (χ3n) is 2.24. The molecule has 0 bridgehead atoms. The molecule has 0 aromatic carbocycles. The van der Waals surface area contributed by atoms with E-state index in [1.165, 1.54) is 0 Å². The molecule has 0 aliphatic carbocycles. The minimum Gasteiger partial charge on any atom is -0.455 e. The molecule has 0 saturated heterocycles. The van der Waals surface area contributed by atoms with Gasteiger partial charge in [-0.15, -0.1) is 0 Å². The topological polar surface area (TPSA) is 81.2 Å². The molecule has 0 aliphatic rings. The molecule has 2 aromatic heterocycles. The lowest BCUT2D eigenvalue weighted by atomic mass is 10.3. The predicted molar refractivity (Wildman–Crippen MR) is 63.5 cm³/mol. The Bertz CT molecular complexity index is 517. The smallest absolute Gasteiger partial charge is 0.292 e. The van der Waals surface area contributed by atoms with Crippen LogP contribution in [0.3, 0.4) is 0 Å². The molecule has 2 rings (SSSR count). The zero-order valence-electron chi connectivity index (χ0n) is 9.43. The summed E-state index contributed by atoms with van der Waals surface area (Å²) in [5.41, 5.74) is 6.43. The number of pyridine rings is 1. The highest BCUT2D eigenvalue weighted by atomic mass is 16.4. The van der Waals surface area contributed by atoms with Crippen molar-refractivity contribution in [2.75, 3.05) is 5.32 Å². The first-order valence-corrected chi connectivity index (χ1v) is 5.22. The second-order valence-electron chi connectivity index (χ2n) is 3.64. The Morgan fingerprint density at radius 3 is 2.82 bits per heavy atom. The number of aryl methyl sites for hydroxylation is 1. The van der Waals surface area contributed by atoms with E-state index in [4.69, 9.17) is 10.2 Å². The van der Waals surface area contributed by atoms with Crippen LogP contribution in [0, 0.1) is 6.92 Å². The predicted octanol–water partition coefficient (Wildman–Crippen LogP) is 1.69. The van der Waals surface area contributed by atoms with Gasteiger partial charge in [0.25, 0.3) is 5.91 Å². The molecular weight excluding hydrogens is 218 g/mol. The lowest BCUT2D eigenvalue weighted by Gasteiger charge is -2.02. The van der Waals surface area contributed by atoms with Crippen LogP contribution in [-0.4, -0.2) is 10.9 Å². The SMILES string of the molecule is Cc1ccc(NC(=O)c2ccc(CN)o2)nc1. The molecule has 88 valence electrons. The van der Waals surface area contributed by atoms with Crippen LogP contribution in [0.4, 0.5) is 5.82 Å². The maximum Gasteiger partial charge on any atom is 0.292 e. The van der Waals surface area contributed by atoms with Crippen LogP contribution in [0.25, 0.3) is 0 Å². The summed E-state index contributed by atoms with van der Waals surface area (Å²) in [4.78, 5) is 15.8. The van der Waals surface area contributed by atoms with E-state index >= 15 is 0 Å². The fourth-order valence-electron chi connectivity index (χ4n) is 1.33. The summed E-state index contributed by atoms with van der Waals surface area (Å²) in [5, 5.41) is 2.64. The number of aromatic nitrogens is 1. The maximum atomic E-state index is 11.7. The van der Waals surface area contributed by atoms with Gasteiger partial charge in [-0.1, -0.05) is 6.07 Å². The molecule has 0 unspecified atom stereocenters. The summed E-state index contributed by atoms with van der Waals surface area (Å²) in [6.07, 6.45) is 1.68. The average Bonchev–Trinajstić information content (AvgIpc) is 2.81. The second-order valence-corrected chi connectivity index (χ2v) is 3.64. The first kappa shape index (κ1) is 11.3. The highest BCUT2D eigenvalue weighted by Crippen LogP contribution is 2.10. The van der Waals surface area contributed by atoms with Gasteiger partial charge in [0.1, 0.15) is 11.6 Å². The minimum absolute atomic E-state index is 0.229. The number of rotatable bonds is 3. The van der Waals surface area contributed by atoms with Crippen molar-refractivity contribution in [1.29, 1.82) is 0 Å². The number of nitrogens with one attached hydrogen (secondary N) is 1. The zero-order valence-corrected chi connectivity index (χ0v) is 9.43. The van der Waals surface area contributed by atoms with Crippen LogP contribution in [-0.2, 0) is 6.54 Å². The van der Waals surface area contributed by atoms with Gasteiger partial charge in [-0.05, 0) is 30.7 Å². The number of furan rings is 1. The molecule has 2 heterocycles. The standard InChI is InChI=1S/C12H13N3O2/c1-8-2-5-11(14-7-8)15-12(16)10-4-3-9(6-13)17-10/h2-5,7H,6,13H2,1H3,(H,14,15,16). The first-order chi connectivity index (χ1) is 8.19. The molecule has 0 atom stereocenters. The number of hydrogen-bond donors (Lipinski definition) is 2. The van der Waals surface area contributed by atoms with E-state index in [0.717, 1.165) is 5.56 Å². The summed E-state index contributed by atoms with van der Waals surface area (Å²) < 4.78 is 5.23.